The molecule has 0 aliphatic rings. The minimum absolute atomic E-state index is 0.119. The number of carbonyl (C=O) groups excluding carboxylic acids is 1. The van der Waals surface area contributed by atoms with Crippen molar-refractivity contribution in [3.63, 3.8) is 0 Å². The van der Waals surface area contributed by atoms with E-state index in [0.717, 1.165) is 11.4 Å². The second-order valence-corrected chi connectivity index (χ2v) is 4.59. The average Bonchev–Trinajstić information content (AvgIpc) is 2.86. The molecule has 0 atom stereocenters. The monoisotopic (exact) mass is 266 g/mol. The van der Waals surface area contributed by atoms with E-state index in [4.69, 9.17) is 0 Å². The van der Waals surface area contributed by atoms with Crippen molar-refractivity contribution in [3.8, 4) is 0 Å². The number of amides is 1. The zero-order chi connectivity index (χ0) is 14.1. The van der Waals surface area contributed by atoms with Gasteiger partial charge in [0.1, 0.15) is 5.69 Å². The first kappa shape index (κ1) is 12.3. The van der Waals surface area contributed by atoms with Gasteiger partial charge in [0.15, 0.2) is 5.65 Å². The van der Waals surface area contributed by atoms with Gasteiger partial charge in [-0.15, -0.1) is 0 Å². The molecule has 100 valence electrons. The summed E-state index contributed by atoms with van der Waals surface area (Å²) in [4.78, 5) is 18.4. The summed E-state index contributed by atoms with van der Waals surface area (Å²) in [6.07, 6.45) is 1.63. The van der Waals surface area contributed by atoms with Crippen molar-refractivity contribution in [2.45, 2.75) is 6.92 Å². The summed E-state index contributed by atoms with van der Waals surface area (Å²) in [6, 6.07) is 13.0. The third-order valence-electron chi connectivity index (χ3n) is 3.15. The molecule has 2 heterocycles. The Morgan fingerprint density at radius 1 is 1.20 bits per heavy atom. The molecule has 3 rings (SSSR count). The van der Waals surface area contributed by atoms with Crippen LogP contribution in [-0.4, -0.2) is 27.6 Å². The van der Waals surface area contributed by atoms with Crippen molar-refractivity contribution >= 4 is 17.2 Å². The fraction of sp³-hybridized carbons (Fsp3) is 0.133. The Labute approximate surface area is 116 Å². The molecule has 2 aromatic heterocycles. The Morgan fingerprint density at radius 3 is 2.70 bits per heavy atom. The second kappa shape index (κ2) is 4.77. The third-order valence-corrected chi connectivity index (χ3v) is 3.15. The number of hydrogen-bond donors (Lipinski definition) is 0. The molecule has 0 bridgehead atoms. The maximum absolute atomic E-state index is 12.6. The standard InChI is InChI=1S/C15H14N4O/c1-11-10-14-16-9-8-13(19(14)17-11)15(20)18(2)12-6-4-3-5-7-12/h3-10H,1-2H3. The van der Waals surface area contributed by atoms with Crippen molar-refractivity contribution in [2.24, 2.45) is 0 Å². The highest BCUT2D eigenvalue weighted by atomic mass is 16.2. The molecule has 0 fully saturated rings. The lowest BCUT2D eigenvalue weighted by atomic mass is 10.2. The van der Waals surface area contributed by atoms with Gasteiger partial charge in [-0.1, -0.05) is 18.2 Å². The van der Waals surface area contributed by atoms with Crippen LogP contribution in [0.5, 0.6) is 0 Å². The SMILES string of the molecule is Cc1cc2nccc(C(=O)N(C)c3ccccc3)n2n1. The lowest BCUT2D eigenvalue weighted by Gasteiger charge is -2.17. The van der Waals surface area contributed by atoms with E-state index >= 15 is 0 Å². The van der Waals surface area contributed by atoms with Crippen LogP contribution in [0.4, 0.5) is 5.69 Å². The number of hydrogen-bond acceptors (Lipinski definition) is 3. The van der Waals surface area contributed by atoms with Crippen LogP contribution < -0.4 is 4.90 Å². The number of benzene rings is 1. The van der Waals surface area contributed by atoms with E-state index in [-0.39, 0.29) is 5.91 Å². The first-order chi connectivity index (χ1) is 9.66. The molecule has 0 aliphatic heterocycles. The summed E-state index contributed by atoms with van der Waals surface area (Å²) in [7, 11) is 1.75. The van der Waals surface area contributed by atoms with Gasteiger partial charge in [-0.3, -0.25) is 4.79 Å². The summed E-state index contributed by atoms with van der Waals surface area (Å²) >= 11 is 0. The van der Waals surface area contributed by atoms with E-state index in [1.54, 1.807) is 28.7 Å². The quantitative estimate of drug-likeness (QED) is 0.715. The number of anilines is 1. The van der Waals surface area contributed by atoms with Crippen LogP contribution in [0.3, 0.4) is 0 Å². The summed E-state index contributed by atoms with van der Waals surface area (Å²) in [5.41, 5.74) is 2.84. The van der Waals surface area contributed by atoms with Crippen LogP contribution >= 0.6 is 0 Å². The highest BCUT2D eigenvalue weighted by molar-refractivity contribution is 6.04. The predicted molar refractivity (Wildman–Crippen MR) is 76.9 cm³/mol. The van der Waals surface area contributed by atoms with Gasteiger partial charge in [0.25, 0.3) is 5.91 Å². The number of aromatic nitrogens is 3. The van der Waals surface area contributed by atoms with E-state index in [1.807, 2.05) is 43.3 Å². The molecule has 0 saturated heterocycles. The van der Waals surface area contributed by atoms with E-state index in [1.165, 1.54) is 0 Å². The Kier molecular flexibility index (Phi) is 2.95. The van der Waals surface area contributed by atoms with Gasteiger partial charge >= 0.3 is 0 Å². The Morgan fingerprint density at radius 2 is 1.95 bits per heavy atom. The fourth-order valence-electron chi connectivity index (χ4n) is 2.11. The molecular formula is C15H14N4O. The molecule has 1 aromatic carbocycles. The highest BCUT2D eigenvalue weighted by Gasteiger charge is 2.17. The molecule has 0 saturated carbocycles. The van der Waals surface area contributed by atoms with Crippen molar-refractivity contribution < 1.29 is 4.79 Å². The van der Waals surface area contributed by atoms with Gasteiger partial charge < -0.3 is 4.90 Å². The minimum Gasteiger partial charge on any atom is -0.310 e. The molecule has 0 radical (unpaired) electrons. The number of fused-ring (bicyclic) bond motifs is 1. The lowest BCUT2D eigenvalue weighted by molar-refractivity contribution is 0.0985. The maximum Gasteiger partial charge on any atom is 0.276 e. The topological polar surface area (TPSA) is 50.5 Å². The number of aryl methyl sites for hydroxylation is 1. The van der Waals surface area contributed by atoms with Crippen LogP contribution in [-0.2, 0) is 0 Å². The van der Waals surface area contributed by atoms with Gasteiger partial charge in [-0.05, 0) is 25.1 Å². The van der Waals surface area contributed by atoms with E-state index in [2.05, 4.69) is 10.1 Å². The molecule has 3 aromatic rings. The van der Waals surface area contributed by atoms with Crippen LogP contribution in [0, 0.1) is 6.92 Å². The Balaban J connectivity index is 2.05. The van der Waals surface area contributed by atoms with Crippen molar-refractivity contribution in [1.82, 2.24) is 14.6 Å². The molecule has 0 N–H and O–H groups in total. The molecule has 1 amide bonds. The Hall–Kier alpha value is -2.69. The van der Waals surface area contributed by atoms with Gasteiger partial charge in [0.05, 0.1) is 5.69 Å². The van der Waals surface area contributed by atoms with Crippen LogP contribution in [0.15, 0.2) is 48.7 Å². The molecular weight excluding hydrogens is 252 g/mol. The van der Waals surface area contributed by atoms with Gasteiger partial charge in [-0.25, -0.2) is 9.50 Å². The number of rotatable bonds is 2. The second-order valence-electron chi connectivity index (χ2n) is 4.59. The van der Waals surface area contributed by atoms with Crippen molar-refractivity contribution in [1.29, 1.82) is 0 Å². The smallest absolute Gasteiger partial charge is 0.276 e. The van der Waals surface area contributed by atoms with Gasteiger partial charge in [-0.2, -0.15) is 5.10 Å². The van der Waals surface area contributed by atoms with Crippen molar-refractivity contribution in [3.05, 3.63) is 60.0 Å². The first-order valence-corrected chi connectivity index (χ1v) is 6.31. The summed E-state index contributed by atoms with van der Waals surface area (Å²) in [5, 5.41) is 4.32. The van der Waals surface area contributed by atoms with Crippen LogP contribution in [0.25, 0.3) is 5.65 Å². The van der Waals surface area contributed by atoms with Gasteiger partial charge in [0.2, 0.25) is 0 Å². The normalized spacial score (nSPS) is 10.7. The highest BCUT2D eigenvalue weighted by Crippen LogP contribution is 2.15. The third kappa shape index (κ3) is 2.03. The molecule has 0 unspecified atom stereocenters. The fourth-order valence-corrected chi connectivity index (χ4v) is 2.11. The van der Waals surface area contributed by atoms with Crippen molar-refractivity contribution in [2.75, 3.05) is 11.9 Å². The Bertz CT molecular complexity index is 764. The predicted octanol–water partition coefficient (Wildman–Crippen LogP) is 2.31. The molecule has 5 heteroatoms. The van der Waals surface area contributed by atoms with Crippen LogP contribution in [0.2, 0.25) is 0 Å². The van der Waals surface area contributed by atoms with E-state index in [0.29, 0.717) is 11.3 Å². The minimum atomic E-state index is -0.119. The average molecular weight is 266 g/mol. The van der Waals surface area contributed by atoms with E-state index < -0.39 is 0 Å². The number of carbonyl (C=O) groups is 1. The number of para-hydroxylation sites is 1. The lowest BCUT2D eigenvalue weighted by Crippen LogP contribution is -2.28. The summed E-state index contributed by atoms with van der Waals surface area (Å²) in [5.74, 6) is -0.119. The molecule has 0 spiro atoms. The molecule has 0 aliphatic carbocycles. The zero-order valence-corrected chi connectivity index (χ0v) is 11.3. The summed E-state index contributed by atoms with van der Waals surface area (Å²) < 4.78 is 1.58. The first-order valence-electron chi connectivity index (χ1n) is 6.31. The maximum atomic E-state index is 12.6. The van der Waals surface area contributed by atoms with Crippen LogP contribution in [0.1, 0.15) is 16.2 Å². The van der Waals surface area contributed by atoms with Gasteiger partial charge in [0, 0.05) is 25.0 Å². The molecule has 20 heavy (non-hydrogen) atoms. The zero-order valence-electron chi connectivity index (χ0n) is 11.3. The summed E-state index contributed by atoms with van der Waals surface area (Å²) in [6.45, 7) is 1.88. The number of nitrogens with zero attached hydrogens (tertiary/aromatic N) is 4. The van der Waals surface area contributed by atoms with E-state index in [9.17, 15) is 4.79 Å². The molecule has 5 nitrogen and oxygen atoms in total. The largest absolute Gasteiger partial charge is 0.310 e.